The first-order valence-corrected chi connectivity index (χ1v) is 5.36. The van der Waals surface area contributed by atoms with Crippen molar-refractivity contribution in [3.05, 3.63) is 29.0 Å². The van der Waals surface area contributed by atoms with Crippen LogP contribution in [0.25, 0.3) is 0 Å². The number of halogens is 1. The largest absolute Gasteiger partial charge is 0.376 e. The molecule has 0 unspecified atom stereocenters. The molecule has 0 N–H and O–H groups in total. The predicted octanol–water partition coefficient (Wildman–Crippen LogP) is 2.68. The molecule has 1 aromatic heterocycles. The second kappa shape index (κ2) is 6.77. The molecule has 0 radical (unpaired) electrons. The smallest absolute Gasteiger partial charge is 0.129 e. The fourth-order valence-corrected chi connectivity index (χ4v) is 1.14. The molecule has 3 nitrogen and oxygen atoms in total. The summed E-state index contributed by atoms with van der Waals surface area (Å²) in [7, 11) is 0. The van der Waals surface area contributed by atoms with Gasteiger partial charge in [-0.2, -0.15) is 0 Å². The molecule has 0 saturated carbocycles. The van der Waals surface area contributed by atoms with Gasteiger partial charge in [0.05, 0.1) is 25.9 Å². The molecule has 0 atom stereocenters. The van der Waals surface area contributed by atoms with E-state index in [-0.39, 0.29) is 6.10 Å². The maximum atomic E-state index is 5.66. The summed E-state index contributed by atoms with van der Waals surface area (Å²) in [6.45, 7) is 5.78. The predicted molar refractivity (Wildman–Crippen MR) is 60.0 cm³/mol. The zero-order valence-electron chi connectivity index (χ0n) is 9.07. The Balaban J connectivity index is 2.12. The molecular formula is C11H16ClNO2. The van der Waals surface area contributed by atoms with E-state index >= 15 is 0 Å². The molecule has 0 saturated heterocycles. The Morgan fingerprint density at radius 2 is 2.13 bits per heavy atom. The molecule has 0 amide bonds. The summed E-state index contributed by atoms with van der Waals surface area (Å²) in [6, 6.07) is 3.66. The van der Waals surface area contributed by atoms with Crippen LogP contribution in [0.2, 0.25) is 5.15 Å². The molecular weight excluding hydrogens is 214 g/mol. The molecule has 15 heavy (non-hydrogen) atoms. The highest BCUT2D eigenvalue weighted by molar-refractivity contribution is 6.29. The van der Waals surface area contributed by atoms with Gasteiger partial charge in [-0.25, -0.2) is 4.98 Å². The van der Waals surface area contributed by atoms with E-state index in [4.69, 9.17) is 21.1 Å². The van der Waals surface area contributed by atoms with E-state index < -0.39 is 0 Å². The van der Waals surface area contributed by atoms with E-state index in [9.17, 15) is 0 Å². The maximum Gasteiger partial charge on any atom is 0.129 e. The molecule has 1 aromatic rings. The number of ether oxygens (including phenoxy) is 2. The van der Waals surface area contributed by atoms with E-state index in [2.05, 4.69) is 4.98 Å². The van der Waals surface area contributed by atoms with Gasteiger partial charge in [-0.05, 0) is 25.5 Å². The Labute approximate surface area is 95.4 Å². The van der Waals surface area contributed by atoms with Crippen LogP contribution in [-0.4, -0.2) is 24.3 Å². The van der Waals surface area contributed by atoms with Crippen LogP contribution in [0.3, 0.4) is 0 Å². The lowest BCUT2D eigenvalue weighted by Gasteiger charge is -2.07. The van der Waals surface area contributed by atoms with Crippen LogP contribution < -0.4 is 0 Å². The van der Waals surface area contributed by atoms with Crippen molar-refractivity contribution in [2.75, 3.05) is 13.2 Å². The summed E-state index contributed by atoms with van der Waals surface area (Å²) < 4.78 is 10.7. The highest BCUT2D eigenvalue weighted by Crippen LogP contribution is 2.06. The minimum Gasteiger partial charge on any atom is -0.376 e. The molecule has 0 bridgehead atoms. The van der Waals surface area contributed by atoms with Crippen molar-refractivity contribution >= 4 is 11.6 Å². The summed E-state index contributed by atoms with van der Waals surface area (Å²) in [5.41, 5.74) is 1.02. The first kappa shape index (κ1) is 12.4. The summed E-state index contributed by atoms with van der Waals surface area (Å²) >= 11 is 5.66. The van der Waals surface area contributed by atoms with E-state index in [1.54, 1.807) is 12.3 Å². The van der Waals surface area contributed by atoms with Crippen molar-refractivity contribution in [2.45, 2.75) is 26.6 Å². The second-order valence-corrected chi connectivity index (χ2v) is 3.85. The van der Waals surface area contributed by atoms with Crippen molar-refractivity contribution in [3.8, 4) is 0 Å². The van der Waals surface area contributed by atoms with Crippen molar-refractivity contribution < 1.29 is 9.47 Å². The number of hydrogen-bond donors (Lipinski definition) is 0. The van der Waals surface area contributed by atoms with Gasteiger partial charge >= 0.3 is 0 Å². The van der Waals surface area contributed by atoms with Gasteiger partial charge in [0.25, 0.3) is 0 Å². The Hall–Kier alpha value is -0.640. The topological polar surface area (TPSA) is 31.4 Å². The molecule has 0 aliphatic rings. The highest BCUT2D eigenvalue weighted by atomic mass is 35.5. The third kappa shape index (κ3) is 5.72. The van der Waals surface area contributed by atoms with Crippen molar-refractivity contribution in [1.29, 1.82) is 0 Å². The van der Waals surface area contributed by atoms with Gasteiger partial charge in [-0.15, -0.1) is 0 Å². The summed E-state index contributed by atoms with van der Waals surface area (Å²) in [6.07, 6.45) is 1.97. The SMILES string of the molecule is CC(C)OCCOCc1ccc(Cl)nc1. The van der Waals surface area contributed by atoms with Gasteiger partial charge in [0.1, 0.15) is 5.15 Å². The number of hydrogen-bond acceptors (Lipinski definition) is 3. The molecule has 1 heterocycles. The van der Waals surface area contributed by atoms with Crippen molar-refractivity contribution in [1.82, 2.24) is 4.98 Å². The standard InChI is InChI=1S/C11H16ClNO2/c1-9(2)15-6-5-14-8-10-3-4-11(12)13-7-10/h3-4,7,9H,5-6,8H2,1-2H3. The first-order valence-electron chi connectivity index (χ1n) is 4.98. The van der Waals surface area contributed by atoms with E-state index in [1.807, 2.05) is 19.9 Å². The molecule has 84 valence electrons. The average Bonchev–Trinajstić information content (AvgIpc) is 2.20. The molecule has 0 spiro atoms. The lowest BCUT2D eigenvalue weighted by Crippen LogP contribution is -2.09. The minimum absolute atomic E-state index is 0.255. The molecule has 0 aliphatic carbocycles. The average molecular weight is 230 g/mol. The molecule has 4 heteroatoms. The van der Waals surface area contributed by atoms with Gasteiger partial charge < -0.3 is 9.47 Å². The van der Waals surface area contributed by atoms with Crippen LogP contribution in [0.15, 0.2) is 18.3 Å². The van der Waals surface area contributed by atoms with Crippen LogP contribution in [-0.2, 0) is 16.1 Å². The van der Waals surface area contributed by atoms with E-state index in [1.165, 1.54) is 0 Å². The lowest BCUT2D eigenvalue weighted by molar-refractivity contribution is 0.0142. The van der Waals surface area contributed by atoms with Gasteiger partial charge in [-0.1, -0.05) is 17.7 Å². The zero-order valence-corrected chi connectivity index (χ0v) is 9.83. The van der Waals surface area contributed by atoms with Gasteiger partial charge in [-0.3, -0.25) is 0 Å². The number of rotatable bonds is 6. The third-order valence-corrected chi connectivity index (χ3v) is 1.96. The van der Waals surface area contributed by atoms with Crippen LogP contribution in [0.4, 0.5) is 0 Å². The summed E-state index contributed by atoms with van der Waals surface area (Å²) in [5, 5.41) is 0.502. The Bertz CT molecular complexity index is 274. The Kier molecular flexibility index (Phi) is 5.61. The molecule has 1 rings (SSSR count). The van der Waals surface area contributed by atoms with Gasteiger partial charge in [0.15, 0.2) is 0 Å². The Morgan fingerprint density at radius 1 is 1.33 bits per heavy atom. The fourth-order valence-electron chi connectivity index (χ4n) is 1.02. The second-order valence-electron chi connectivity index (χ2n) is 3.46. The van der Waals surface area contributed by atoms with Crippen LogP contribution in [0, 0.1) is 0 Å². The first-order chi connectivity index (χ1) is 7.18. The number of nitrogens with zero attached hydrogens (tertiary/aromatic N) is 1. The van der Waals surface area contributed by atoms with Crippen molar-refractivity contribution in [3.63, 3.8) is 0 Å². The number of aromatic nitrogens is 1. The summed E-state index contributed by atoms with van der Waals surface area (Å²) in [4.78, 5) is 3.96. The Morgan fingerprint density at radius 3 is 2.73 bits per heavy atom. The van der Waals surface area contributed by atoms with Crippen molar-refractivity contribution in [2.24, 2.45) is 0 Å². The van der Waals surface area contributed by atoms with Crippen LogP contribution in [0.5, 0.6) is 0 Å². The van der Waals surface area contributed by atoms with Gasteiger partial charge in [0.2, 0.25) is 0 Å². The zero-order chi connectivity index (χ0) is 11.1. The van der Waals surface area contributed by atoms with Crippen LogP contribution >= 0.6 is 11.6 Å². The van der Waals surface area contributed by atoms with Gasteiger partial charge in [0, 0.05) is 6.20 Å². The molecule has 0 fully saturated rings. The van der Waals surface area contributed by atoms with E-state index in [0.717, 1.165) is 5.56 Å². The third-order valence-electron chi connectivity index (χ3n) is 1.74. The van der Waals surface area contributed by atoms with Crippen LogP contribution in [0.1, 0.15) is 19.4 Å². The molecule has 0 aliphatic heterocycles. The monoisotopic (exact) mass is 229 g/mol. The molecule has 0 aromatic carbocycles. The number of pyridine rings is 1. The fraction of sp³-hybridized carbons (Fsp3) is 0.545. The maximum absolute atomic E-state index is 5.66. The van der Waals surface area contributed by atoms with E-state index in [0.29, 0.717) is 25.0 Å². The highest BCUT2D eigenvalue weighted by Gasteiger charge is 1.96. The normalized spacial score (nSPS) is 10.9. The minimum atomic E-state index is 0.255. The summed E-state index contributed by atoms with van der Waals surface area (Å²) in [5.74, 6) is 0. The lowest BCUT2D eigenvalue weighted by atomic mass is 10.3. The quantitative estimate of drug-likeness (QED) is 0.555.